The van der Waals surface area contributed by atoms with Gasteiger partial charge in [0, 0.05) is 22.2 Å². The van der Waals surface area contributed by atoms with E-state index in [1.807, 2.05) is 34.7 Å². The molecule has 0 bridgehead atoms. The highest BCUT2D eigenvalue weighted by Gasteiger charge is 2.38. The molecule has 0 saturated carbocycles. The van der Waals surface area contributed by atoms with E-state index in [0.717, 1.165) is 45.5 Å². The lowest BCUT2D eigenvalue weighted by atomic mass is 10.1. The number of rotatable bonds is 5. The molecule has 0 spiro atoms. The molecule has 9 heteroatoms. The van der Waals surface area contributed by atoms with Crippen molar-refractivity contribution in [3.63, 3.8) is 0 Å². The number of quaternary nitrogens is 1. The van der Waals surface area contributed by atoms with Gasteiger partial charge in [0.1, 0.15) is 18.6 Å². The minimum absolute atomic E-state index is 0.260. The summed E-state index contributed by atoms with van der Waals surface area (Å²) < 4.78 is 44.0. The molecule has 39 heavy (non-hydrogen) atoms. The van der Waals surface area contributed by atoms with Gasteiger partial charge in [-0.15, -0.1) is 13.2 Å². The number of imidazole rings is 1. The maximum atomic E-state index is 12.5. The van der Waals surface area contributed by atoms with E-state index in [4.69, 9.17) is 5.10 Å². The second-order valence-electron chi connectivity index (χ2n) is 9.74. The summed E-state index contributed by atoms with van der Waals surface area (Å²) in [6.45, 7) is 5.28. The van der Waals surface area contributed by atoms with Crippen LogP contribution in [0, 0.1) is 13.8 Å². The lowest BCUT2D eigenvalue weighted by Crippen LogP contribution is -2.42. The summed E-state index contributed by atoms with van der Waals surface area (Å²) in [4.78, 5) is 4.63. The monoisotopic (exact) mass is 547 g/mol. The fourth-order valence-corrected chi connectivity index (χ4v) is 6.57. The molecular weight excluding hydrogens is 521 g/mol. The van der Waals surface area contributed by atoms with Gasteiger partial charge in [0.05, 0.1) is 23.0 Å². The number of para-hydroxylation sites is 1. The van der Waals surface area contributed by atoms with E-state index >= 15 is 0 Å². The summed E-state index contributed by atoms with van der Waals surface area (Å²) in [5.41, 5.74) is 7.19. The van der Waals surface area contributed by atoms with Gasteiger partial charge in [0.25, 0.3) is 0 Å². The second-order valence-corrected chi connectivity index (χ2v) is 10.8. The molecule has 4 aromatic carbocycles. The highest BCUT2D eigenvalue weighted by molar-refractivity contribution is 7.99. The van der Waals surface area contributed by atoms with Crippen molar-refractivity contribution in [3.05, 3.63) is 95.8 Å². The minimum atomic E-state index is -4.72. The van der Waals surface area contributed by atoms with Gasteiger partial charge in [-0.2, -0.15) is 4.59 Å². The largest absolute Gasteiger partial charge is 0.573 e. The van der Waals surface area contributed by atoms with E-state index in [1.54, 1.807) is 18.5 Å². The smallest absolute Gasteiger partial charge is 0.406 e. The zero-order chi connectivity index (χ0) is 27.2. The predicted molar refractivity (Wildman–Crippen MR) is 153 cm³/mol. The van der Waals surface area contributed by atoms with E-state index < -0.39 is 6.36 Å². The molecule has 1 aromatic heterocycles. The van der Waals surface area contributed by atoms with Gasteiger partial charge >= 0.3 is 6.36 Å². The Labute approximate surface area is 228 Å². The molecule has 1 atom stereocenters. The molecule has 1 aliphatic rings. The highest BCUT2D eigenvalue weighted by Crippen LogP contribution is 2.37. The van der Waals surface area contributed by atoms with Gasteiger partial charge in [-0.1, -0.05) is 53.3 Å². The van der Waals surface area contributed by atoms with Crippen molar-refractivity contribution in [1.82, 2.24) is 14.1 Å². The number of benzene rings is 4. The topological polar surface area (TPSA) is 39.4 Å². The van der Waals surface area contributed by atoms with Crippen LogP contribution in [0.5, 0.6) is 5.75 Å². The van der Waals surface area contributed by atoms with Crippen LogP contribution in [0.1, 0.15) is 16.7 Å². The summed E-state index contributed by atoms with van der Waals surface area (Å²) >= 11 is 1.93. The van der Waals surface area contributed by atoms with Crippen LogP contribution in [0.4, 0.5) is 18.9 Å². The Morgan fingerprint density at radius 3 is 2.46 bits per heavy atom. The normalized spacial score (nSPS) is 18.0. The SMILES string of the molecule is Cc1cccc(C)c1[N+]1(/N=C/c2ccc3c(ccc4c3ncn4-c3ccc(OC(F)(F)F)cc3)c2)CCSC1. The van der Waals surface area contributed by atoms with Crippen molar-refractivity contribution in [2.75, 3.05) is 18.2 Å². The molecule has 0 aliphatic carbocycles. The standard InChI is InChI=1S/C30H26F3N4OS/c1-20-4-3-5-21(2)29(20)37(14-15-39-19-37)35-17-22-6-12-26-23(16-22)7-13-27-28(26)34-18-36(27)24-8-10-25(11-9-24)38-30(31,32)33/h3-13,16-18H,14-15,19H2,1-2H3/q+1/b35-17+. The number of hydrogen-bond donors (Lipinski definition) is 0. The summed E-state index contributed by atoms with van der Waals surface area (Å²) in [6.07, 6.45) is -1.06. The third kappa shape index (κ3) is 4.88. The number of nitrogens with zero attached hydrogens (tertiary/aromatic N) is 4. The molecule has 0 N–H and O–H groups in total. The fourth-order valence-electron chi connectivity index (χ4n) is 5.38. The molecule has 6 rings (SSSR count). The van der Waals surface area contributed by atoms with E-state index in [2.05, 4.69) is 60.0 Å². The summed E-state index contributed by atoms with van der Waals surface area (Å²) in [7, 11) is 0. The van der Waals surface area contributed by atoms with Gasteiger partial charge < -0.3 is 4.74 Å². The number of aromatic nitrogens is 2. The molecule has 1 unspecified atom stereocenters. The Kier molecular flexibility index (Phi) is 6.35. The van der Waals surface area contributed by atoms with Gasteiger partial charge in [-0.05, 0) is 61.2 Å². The van der Waals surface area contributed by atoms with Crippen LogP contribution < -0.4 is 9.33 Å². The van der Waals surface area contributed by atoms with E-state index in [1.165, 1.54) is 28.9 Å². The Morgan fingerprint density at radius 1 is 1.00 bits per heavy atom. The fraction of sp³-hybridized carbons (Fsp3) is 0.200. The van der Waals surface area contributed by atoms with Gasteiger partial charge in [-0.25, -0.2) is 4.98 Å². The van der Waals surface area contributed by atoms with Crippen LogP contribution in [0.15, 0.2) is 84.2 Å². The first-order valence-corrected chi connectivity index (χ1v) is 13.7. The number of hydrogen-bond acceptors (Lipinski definition) is 4. The molecule has 1 saturated heterocycles. The van der Waals surface area contributed by atoms with Gasteiger partial charge in [-0.3, -0.25) is 4.57 Å². The molecule has 5 aromatic rings. The number of fused-ring (bicyclic) bond motifs is 3. The van der Waals surface area contributed by atoms with Crippen molar-refractivity contribution < 1.29 is 17.9 Å². The van der Waals surface area contributed by atoms with Crippen LogP contribution in [0.25, 0.3) is 27.5 Å². The Morgan fingerprint density at radius 2 is 1.77 bits per heavy atom. The van der Waals surface area contributed by atoms with Gasteiger partial charge in [0.2, 0.25) is 0 Å². The number of ether oxygens (including phenoxy) is 1. The zero-order valence-electron chi connectivity index (χ0n) is 21.4. The predicted octanol–water partition coefficient (Wildman–Crippen LogP) is 7.74. The lowest BCUT2D eigenvalue weighted by molar-refractivity contribution is -0.274. The molecular formula is C30H26F3N4OS+. The van der Waals surface area contributed by atoms with Crippen molar-refractivity contribution in [1.29, 1.82) is 0 Å². The average Bonchev–Trinajstić information content (AvgIpc) is 3.55. The Bertz CT molecular complexity index is 1680. The Balaban J connectivity index is 1.32. The molecule has 0 radical (unpaired) electrons. The van der Waals surface area contributed by atoms with Crippen LogP contribution in [0.3, 0.4) is 0 Å². The number of aryl methyl sites for hydroxylation is 2. The van der Waals surface area contributed by atoms with E-state index in [0.29, 0.717) is 10.3 Å². The van der Waals surface area contributed by atoms with Crippen LogP contribution in [0.2, 0.25) is 0 Å². The average molecular weight is 548 g/mol. The van der Waals surface area contributed by atoms with Crippen molar-refractivity contribution in [3.8, 4) is 11.4 Å². The number of thioether (sulfide) groups is 1. The molecule has 198 valence electrons. The van der Waals surface area contributed by atoms with Crippen LogP contribution in [-0.2, 0) is 0 Å². The third-order valence-corrected chi connectivity index (χ3v) is 8.18. The lowest BCUT2D eigenvalue weighted by Gasteiger charge is -2.28. The molecule has 5 nitrogen and oxygen atoms in total. The summed E-state index contributed by atoms with van der Waals surface area (Å²) in [5.74, 6) is 1.73. The first-order chi connectivity index (χ1) is 18.7. The van der Waals surface area contributed by atoms with Crippen molar-refractivity contribution in [2.45, 2.75) is 20.2 Å². The zero-order valence-corrected chi connectivity index (χ0v) is 22.3. The van der Waals surface area contributed by atoms with Crippen LogP contribution >= 0.6 is 11.8 Å². The quantitative estimate of drug-likeness (QED) is 0.167. The maximum Gasteiger partial charge on any atom is 0.573 e. The van der Waals surface area contributed by atoms with Crippen molar-refractivity contribution >= 4 is 45.5 Å². The molecule has 0 amide bonds. The third-order valence-electron chi connectivity index (χ3n) is 7.10. The highest BCUT2D eigenvalue weighted by atomic mass is 32.2. The Hall–Kier alpha value is -3.82. The minimum Gasteiger partial charge on any atom is -0.406 e. The first kappa shape index (κ1) is 25.5. The first-order valence-electron chi connectivity index (χ1n) is 12.6. The number of alkyl halides is 3. The van der Waals surface area contributed by atoms with Crippen LogP contribution in [-0.4, -0.2) is 40.3 Å². The van der Waals surface area contributed by atoms with Crippen molar-refractivity contribution in [2.24, 2.45) is 5.10 Å². The molecule has 1 aliphatic heterocycles. The molecule has 2 heterocycles. The van der Waals surface area contributed by atoms with E-state index in [9.17, 15) is 13.2 Å². The van der Waals surface area contributed by atoms with E-state index in [-0.39, 0.29) is 5.75 Å². The summed E-state index contributed by atoms with van der Waals surface area (Å²) in [5, 5.41) is 7.19. The summed E-state index contributed by atoms with van der Waals surface area (Å²) in [6, 6.07) is 22.4. The number of halogens is 3. The second kappa shape index (κ2) is 9.73. The molecule has 1 fully saturated rings. The van der Waals surface area contributed by atoms with Gasteiger partial charge in [0.15, 0.2) is 11.6 Å². The maximum absolute atomic E-state index is 12.5.